The maximum atomic E-state index is 12.6. The molecule has 0 unspecified atom stereocenters. The van der Waals surface area contributed by atoms with Gasteiger partial charge in [0, 0.05) is 29.7 Å². The molecule has 0 bridgehead atoms. The third kappa shape index (κ3) is 2.97. The van der Waals surface area contributed by atoms with Crippen LogP contribution in [0.4, 0.5) is 10.5 Å². The number of H-pyrrole nitrogens is 1. The minimum atomic E-state index is -0.0207. The zero-order valence-electron chi connectivity index (χ0n) is 15.0. The molecule has 2 aromatic carbocycles. The fraction of sp³-hybridized carbons (Fsp3) is 0.286. The van der Waals surface area contributed by atoms with Gasteiger partial charge in [0.1, 0.15) is 5.52 Å². The number of nitrogens with zero attached hydrogens (tertiary/aromatic N) is 3. The smallest absolute Gasteiger partial charge is 0.321 e. The summed E-state index contributed by atoms with van der Waals surface area (Å²) in [7, 11) is 0. The topological polar surface area (TPSA) is 73.9 Å². The van der Waals surface area contributed by atoms with E-state index in [0.29, 0.717) is 0 Å². The molecular weight excluding hydrogens is 338 g/mol. The van der Waals surface area contributed by atoms with Gasteiger partial charge >= 0.3 is 6.03 Å². The number of para-hydroxylation sites is 2. The maximum Gasteiger partial charge on any atom is 0.321 e. The monoisotopic (exact) mass is 359 g/mol. The number of aromatic amines is 1. The number of aromatic nitrogens is 3. The largest absolute Gasteiger partial charge is 0.338 e. The normalized spacial score (nSPS) is 15.3. The first-order valence-corrected chi connectivity index (χ1v) is 9.52. The van der Waals surface area contributed by atoms with E-state index in [-0.39, 0.29) is 6.03 Å². The van der Waals surface area contributed by atoms with Crippen LogP contribution >= 0.6 is 0 Å². The van der Waals surface area contributed by atoms with E-state index in [0.717, 1.165) is 64.7 Å². The van der Waals surface area contributed by atoms with Crippen molar-refractivity contribution in [1.82, 2.24) is 19.9 Å². The molecular formula is C21H21N5O. The third-order valence-corrected chi connectivity index (χ3v) is 5.24. The Morgan fingerprint density at radius 1 is 0.963 bits per heavy atom. The Balaban J connectivity index is 1.51. The van der Waals surface area contributed by atoms with Gasteiger partial charge < -0.3 is 15.2 Å². The molecule has 1 aliphatic rings. The van der Waals surface area contributed by atoms with Gasteiger partial charge in [-0.3, -0.25) is 0 Å². The van der Waals surface area contributed by atoms with Crippen LogP contribution in [0.2, 0.25) is 0 Å². The second-order valence-electron chi connectivity index (χ2n) is 7.13. The summed E-state index contributed by atoms with van der Waals surface area (Å²) in [5.41, 5.74) is 5.08. The molecule has 2 aromatic heterocycles. The second-order valence-corrected chi connectivity index (χ2v) is 7.13. The molecule has 2 amide bonds. The van der Waals surface area contributed by atoms with E-state index in [9.17, 15) is 4.79 Å². The summed E-state index contributed by atoms with van der Waals surface area (Å²) in [6, 6.07) is 13.7. The summed E-state index contributed by atoms with van der Waals surface area (Å²) in [5.74, 6) is 0. The first-order chi connectivity index (χ1) is 13.3. The van der Waals surface area contributed by atoms with Gasteiger partial charge in [-0.05, 0) is 43.2 Å². The van der Waals surface area contributed by atoms with Gasteiger partial charge in [-0.25, -0.2) is 14.8 Å². The van der Waals surface area contributed by atoms with E-state index in [1.54, 1.807) is 0 Å². The highest BCUT2D eigenvalue weighted by atomic mass is 16.2. The van der Waals surface area contributed by atoms with Crippen molar-refractivity contribution in [2.75, 3.05) is 18.4 Å². The molecule has 1 saturated heterocycles. The predicted molar refractivity (Wildman–Crippen MR) is 108 cm³/mol. The van der Waals surface area contributed by atoms with Crippen LogP contribution in [0.25, 0.3) is 33.1 Å². The molecule has 1 fully saturated rings. The Morgan fingerprint density at radius 3 is 2.48 bits per heavy atom. The van der Waals surface area contributed by atoms with Crippen LogP contribution in [0.1, 0.15) is 25.7 Å². The van der Waals surface area contributed by atoms with Gasteiger partial charge in [-0.2, -0.15) is 0 Å². The van der Waals surface area contributed by atoms with E-state index in [1.807, 2.05) is 47.4 Å². The quantitative estimate of drug-likeness (QED) is 0.518. The first kappa shape index (κ1) is 16.1. The fourth-order valence-electron chi connectivity index (χ4n) is 3.81. The highest BCUT2D eigenvalue weighted by Crippen LogP contribution is 2.27. The summed E-state index contributed by atoms with van der Waals surface area (Å²) in [6.07, 6.45) is 4.57. The molecule has 0 aliphatic carbocycles. The fourth-order valence-corrected chi connectivity index (χ4v) is 3.81. The van der Waals surface area contributed by atoms with Crippen LogP contribution in [-0.4, -0.2) is 39.0 Å². The molecule has 1 aliphatic heterocycles. The molecule has 6 nitrogen and oxygen atoms in total. The maximum absolute atomic E-state index is 12.6. The standard InChI is InChI=1S/C21H21N5O/c27-21(26-11-5-1-2-6-12-26)22-14-9-10-16-15(13-14)19-20(24-16)25-18-8-4-3-7-17(18)23-19/h3-4,7-10,13H,1-2,5-6,11-12H2,(H,22,27)(H,24,25). The zero-order valence-corrected chi connectivity index (χ0v) is 15.0. The molecule has 4 aromatic rings. The number of anilines is 1. The van der Waals surface area contributed by atoms with Gasteiger partial charge in [0.25, 0.3) is 0 Å². The van der Waals surface area contributed by atoms with Crippen molar-refractivity contribution in [3.8, 4) is 0 Å². The van der Waals surface area contributed by atoms with E-state index in [1.165, 1.54) is 12.8 Å². The summed E-state index contributed by atoms with van der Waals surface area (Å²) in [5, 5.41) is 4.02. The Hall–Kier alpha value is -3.15. The van der Waals surface area contributed by atoms with Crippen molar-refractivity contribution in [3.05, 3.63) is 42.5 Å². The molecule has 0 spiro atoms. The van der Waals surface area contributed by atoms with Crippen LogP contribution in [0.3, 0.4) is 0 Å². The van der Waals surface area contributed by atoms with E-state index in [2.05, 4.69) is 15.3 Å². The van der Waals surface area contributed by atoms with Crippen molar-refractivity contribution in [3.63, 3.8) is 0 Å². The zero-order chi connectivity index (χ0) is 18.2. The Bertz CT molecular complexity index is 1140. The van der Waals surface area contributed by atoms with E-state index >= 15 is 0 Å². The van der Waals surface area contributed by atoms with Gasteiger partial charge in [-0.1, -0.05) is 25.0 Å². The molecule has 5 rings (SSSR count). The third-order valence-electron chi connectivity index (χ3n) is 5.24. The van der Waals surface area contributed by atoms with Crippen LogP contribution in [0.15, 0.2) is 42.5 Å². The van der Waals surface area contributed by atoms with Crippen molar-refractivity contribution >= 4 is 44.8 Å². The van der Waals surface area contributed by atoms with Gasteiger partial charge in [0.2, 0.25) is 0 Å². The number of likely N-dealkylation sites (tertiary alicyclic amines) is 1. The molecule has 27 heavy (non-hydrogen) atoms. The molecule has 0 saturated carbocycles. The van der Waals surface area contributed by atoms with Crippen LogP contribution in [-0.2, 0) is 0 Å². The SMILES string of the molecule is O=C(Nc1ccc2[nH]c3nc4ccccc4nc3c2c1)N1CCCCCC1. The Kier molecular flexibility index (Phi) is 3.89. The number of amides is 2. The number of urea groups is 1. The second kappa shape index (κ2) is 6.54. The average molecular weight is 359 g/mol. The van der Waals surface area contributed by atoms with E-state index < -0.39 is 0 Å². The number of carbonyl (C=O) groups is 1. The van der Waals surface area contributed by atoms with Crippen molar-refractivity contribution in [2.24, 2.45) is 0 Å². The molecule has 0 atom stereocenters. The molecule has 6 heteroatoms. The van der Waals surface area contributed by atoms with Crippen LogP contribution in [0.5, 0.6) is 0 Å². The number of carbonyl (C=O) groups excluding carboxylic acids is 1. The number of hydrogen-bond acceptors (Lipinski definition) is 3. The lowest BCUT2D eigenvalue weighted by Crippen LogP contribution is -2.35. The molecule has 0 radical (unpaired) electrons. The molecule has 3 heterocycles. The van der Waals surface area contributed by atoms with Gasteiger partial charge in [0.15, 0.2) is 5.65 Å². The van der Waals surface area contributed by atoms with Crippen LogP contribution < -0.4 is 5.32 Å². The van der Waals surface area contributed by atoms with Crippen molar-refractivity contribution < 1.29 is 4.79 Å². The lowest BCUT2D eigenvalue weighted by atomic mass is 10.2. The Labute approximate surface area is 156 Å². The average Bonchev–Trinajstić information content (AvgIpc) is 2.85. The number of hydrogen-bond donors (Lipinski definition) is 2. The Morgan fingerprint density at radius 2 is 1.70 bits per heavy atom. The first-order valence-electron chi connectivity index (χ1n) is 9.52. The predicted octanol–water partition coefficient (Wildman–Crippen LogP) is 4.67. The summed E-state index contributed by atoms with van der Waals surface area (Å²) in [6.45, 7) is 1.66. The van der Waals surface area contributed by atoms with Crippen molar-refractivity contribution in [1.29, 1.82) is 0 Å². The van der Waals surface area contributed by atoms with Crippen molar-refractivity contribution in [2.45, 2.75) is 25.7 Å². The van der Waals surface area contributed by atoms with Crippen LogP contribution in [0, 0.1) is 0 Å². The number of rotatable bonds is 1. The number of nitrogens with one attached hydrogen (secondary N) is 2. The number of fused-ring (bicyclic) bond motifs is 4. The molecule has 2 N–H and O–H groups in total. The van der Waals surface area contributed by atoms with E-state index in [4.69, 9.17) is 4.98 Å². The minimum Gasteiger partial charge on any atom is -0.338 e. The summed E-state index contributed by atoms with van der Waals surface area (Å²) >= 11 is 0. The summed E-state index contributed by atoms with van der Waals surface area (Å²) in [4.78, 5) is 27.3. The highest BCUT2D eigenvalue weighted by molar-refractivity contribution is 6.07. The van der Waals surface area contributed by atoms with Gasteiger partial charge in [-0.15, -0.1) is 0 Å². The van der Waals surface area contributed by atoms with Gasteiger partial charge in [0.05, 0.1) is 11.0 Å². The molecule has 136 valence electrons. The highest BCUT2D eigenvalue weighted by Gasteiger charge is 2.16. The minimum absolute atomic E-state index is 0.0207. The summed E-state index contributed by atoms with van der Waals surface area (Å²) < 4.78 is 0. The number of benzene rings is 2. The lowest BCUT2D eigenvalue weighted by Gasteiger charge is -2.20. The lowest BCUT2D eigenvalue weighted by molar-refractivity contribution is 0.214.